The summed E-state index contributed by atoms with van der Waals surface area (Å²) in [5.41, 5.74) is 1.13. The summed E-state index contributed by atoms with van der Waals surface area (Å²) in [5.74, 6) is -0.0727. The van der Waals surface area contributed by atoms with E-state index in [0.717, 1.165) is 0 Å². The van der Waals surface area contributed by atoms with Gasteiger partial charge in [-0.1, -0.05) is 12.1 Å². The number of nitrogens with zero attached hydrogens (tertiary/aromatic N) is 1. The Morgan fingerprint density at radius 2 is 1.92 bits per heavy atom. The molecule has 0 saturated carbocycles. The highest BCUT2D eigenvalue weighted by Crippen LogP contribution is 2.28. The molecular formula is C18H20N2O5S. The number of oxazole rings is 1. The number of fused-ring (bicyclic) bond motifs is 1. The molecule has 0 fully saturated rings. The molecule has 8 heteroatoms. The van der Waals surface area contributed by atoms with Crippen LogP contribution in [0.25, 0.3) is 11.1 Å². The van der Waals surface area contributed by atoms with Gasteiger partial charge in [0.1, 0.15) is 5.75 Å². The SMILES string of the molecule is CCn1c(=O)oc2cc(S(=O)(=O)Nc3ccccc3OC(C)C)ccc21. The highest BCUT2D eigenvalue weighted by Gasteiger charge is 2.19. The number of anilines is 1. The molecule has 0 aliphatic rings. The lowest BCUT2D eigenvalue weighted by Gasteiger charge is -2.15. The molecule has 0 saturated heterocycles. The van der Waals surface area contributed by atoms with Gasteiger partial charge in [0, 0.05) is 12.6 Å². The lowest BCUT2D eigenvalue weighted by Crippen LogP contribution is -2.15. The average Bonchev–Trinajstić information content (AvgIpc) is 2.90. The zero-order chi connectivity index (χ0) is 18.9. The van der Waals surface area contributed by atoms with E-state index in [0.29, 0.717) is 23.5 Å². The van der Waals surface area contributed by atoms with Crippen molar-refractivity contribution < 1.29 is 17.6 Å². The van der Waals surface area contributed by atoms with Crippen LogP contribution in [0.2, 0.25) is 0 Å². The van der Waals surface area contributed by atoms with Crippen LogP contribution in [0.15, 0.2) is 56.6 Å². The van der Waals surface area contributed by atoms with Crippen molar-refractivity contribution in [1.29, 1.82) is 0 Å². The molecule has 0 atom stereocenters. The first kappa shape index (κ1) is 18.1. The van der Waals surface area contributed by atoms with E-state index in [-0.39, 0.29) is 16.6 Å². The van der Waals surface area contributed by atoms with Crippen molar-refractivity contribution in [2.45, 2.75) is 38.3 Å². The third-order valence-corrected chi connectivity index (χ3v) is 5.12. The highest BCUT2D eigenvalue weighted by molar-refractivity contribution is 7.92. The van der Waals surface area contributed by atoms with Gasteiger partial charge < -0.3 is 9.15 Å². The number of hydrogen-bond acceptors (Lipinski definition) is 5. The van der Waals surface area contributed by atoms with Gasteiger partial charge in [-0.05, 0) is 45.0 Å². The first-order valence-electron chi connectivity index (χ1n) is 8.23. The minimum Gasteiger partial charge on any atom is -0.489 e. The highest BCUT2D eigenvalue weighted by atomic mass is 32.2. The number of hydrogen-bond donors (Lipinski definition) is 1. The summed E-state index contributed by atoms with van der Waals surface area (Å²) in [5, 5.41) is 0. The minimum atomic E-state index is -3.87. The standard InChI is InChI=1S/C18H20N2O5S/c1-4-20-15-10-9-13(11-17(15)25-18(20)21)26(22,23)19-14-7-5-6-8-16(14)24-12(2)3/h5-12,19H,4H2,1-3H3. The fourth-order valence-electron chi connectivity index (χ4n) is 2.62. The number of aryl methyl sites for hydroxylation is 1. The van der Waals surface area contributed by atoms with E-state index in [4.69, 9.17) is 9.15 Å². The zero-order valence-corrected chi connectivity index (χ0v) is 15.5. The van der Waals surface area contributed by atoms with Crippen molar-refractivity contribution in [1.82, 2.24) is 4.57 Å². The molecule has 0 amide bonds. The Hall–Kier alpha value is -2.74. The molecule has 1 heterocycles. The molecule has 3 aromatic rings. The van der Waals surface area contributed by atoms with Crippen LogP contribution >= 0.6 is 0 Å². The average molecular weight is 376 g/mol. The van der Waals surface area contributed by atoms with Crippen LogP contribution in [-0.4, -0.2) is 19.1 Å². The second-order valence-corrected chi connectivity index (χ2v) is 7.69. The molecule has 0 aliphatic heterocycles. The van der Waals surface area contributed by atoms with Crippen LogP contribution in [0.1, 0.15) is 20.8 Å². The Morgan fingerprint density at radius 3 is 2.62 bits per heavy atom. The van der Waals surface area contributed by atoms with Crippen LogP contribution in [0.5, 0.6) is 5.75 Å². The van der Waals surface area contributed by atoms with E-state index >= 15 is 0 Å². The maximum Gasteiger partial charge on any atom is 0.419 e. The maximum absolute atomic E-state index is 12.8. The number of ether oxygens (including phenoxy) is 1. The fraction of sp³-hybridized carbons (Fsp3) is 0.278. The molecule has 0 bridgehead atoms. The summed E-state index contributed by atoms with van der Waals surface area (Å²) < 4.78 is 40.3. The molecule has 2 aromatic carbocycles. The van der Waals surface area contributed by atoms with E-state index in [1.54, 1.807) is 30.3 Å². The minimum absolute atomic E-state index is 0.00125. The molecule has 3 rings (SSSR count). The quantitative estimate of drug-likeness (QED) is 0.713. The van der Waals surface area contributed by atoms with E-state index in [1.807, 2.05) is 20.8 Å². The van der Waals surface area contributed by atoms with Gasteiger partial charge in [-0.2, -0.15) is 0 Å². The second-order valence-electron chi connectivity index (χ2n) is 6.01. The summed E-state index contributed by atoms with van der Waals surface area (Å²) in [7, 11) is -3.87. The van der Waals surface area contributed by atoms with E-state index in [2.05, 4.69) is 4.72 Å². The Kier molecular flexibility index (Phi) is 4.78. The molecule has 7 nitrogen and oxygen atoms in total. The molecule has 0 spiro atoms. The molecular weight excluding hydrogens is 356 g/mol. The van der Waals surface area contributed by atoms with Crippen molar-refractivity contribution in [3.63, 3.8) is 0 Å². The van der Waals surface area contributed by atoms with Gasteiger partial charge in [0.15, 0.2) is 5.58 Å². The largest absolute Gasteiger partial charge is 0.489 e. The van der Waals surface area contributed by atoms with Crippen molar-refractivity contribution in [3.8, 4) is 5.75 Å². The molecule has 0 radical (unpaired) electrons. The zero-order valence-electron chi connectivity index (χ0n) is 14.7. The Balaban J connectivity index is 1.99. The predicted octanol–water partition coefficient (Wildman–Crippen LogP) is 3.20. The Morgan fingerprint density at radius 1 is 1.19 bits per heavy atom. The van der Waals surface area contributed by atoms with Crippen molar-refractivity contribution >= 4 is 26.8 Å². The van der Waals surface area contributed by atoms with Crippen molar-refractivity contribution in [2.75, 3.05) is 4.72 Å². The Labute approximate surface area is 151 Å². The molecule has 0 aliphatic carbocycles. The maximum atomic E-state index is 12.8. The van der Waals surface area contributed by atoms with Gasteiger partial charge in [0.05, 0.1) is 22.2 Å². The van der Waals surface area contributed by atoms with Crippen LogP contribution in [-0.2, 0) is 16.6 Å². The lowest BCUT2D eigenvalue weighted by molar-refractivity contribution is 0.244. The van der Waals surface area contributed by atoms with Crippen molar-refractivity contribution in [2.24, 2.45) is 0 Å². The van der Waals surface area contributed by atoms with Gasteiger partial charge in [0.25, 0.3) is 10.0 Å². The van der Waals surface area contributed by atoms with Gasteiger partial charge in [-0.3, -0.25) is 9.29 Å². The summed E-state index contributed by atoms with van der Waals surface area (Å²) >= 11 is 0. The first-order valence-corrected chi connectivity index (χ1v) is 9.72. The van der Waals surface area contributed by atoms with Gasteiger partial charge in [-0.25, -0.2) is 13.2 Å². The molecule has 138 valence electrons. The van der Waals surface area contributed by atoms with Gasteiger partial charge in [-0.15, -0.1) is 0 Å². The molecule has 1 aromatic heterocycles. The number of para-hydroxylation sites is 2. The van der Waals surface area contributed by atoms with Crippen LogP contribution in [0, 0.1) is 0 Å². The first-order chi connectivity index (χ1) is 12.3. The third kappa shape index (κ3) is 3.45. The van der Waals surface area contributed by atoms with Gasteiger partial charge >= 0.3 is 5.76 Å². The second kappa shape index (κ2) is 6.87. The van der Waals surface area contributed by atoms with Crippen LogP contribution in [0.4, 0.5) is 5.69 Å². The number of nitrogens with one attached hydrogen (secondary N) is 1. The molecule has 1 N–H and O–H groups in total. The van der Waals surface area contributed by atoms with E-state index in [1.165, 1.54) is 16.7 Å². The topological polar surface area (TPSA) is 90.5 Å². The fourth-order valence-corrected chi connectivity index (χ4v) is 3.71. The normalized spacial score (nSPS) is 11.8. The van der Waals surface area contributed by atoms with E-state index in [9.17, 15) is 13.2 Å². The molecule has 0 unspecified atom stereocenters. The smallest absolute Gasteiger partial charge is 0.419 e. The summed E-state index contributed by atoms with van der Waals surface area (Å²) in [4.78, 5) is 11.8. The van der Waals surface area contributed by atoms with Crippen molar-refractivity contribution in [3.05, 3.63) is 53.0 Å². The summed E-state index contributed by atoms with van der Waals surface area (Å²) in [6, 6.07) is 11.2. The number of aromatic nitrogens is 1. The summed E-state index contributed by atoms with van der Waals surface area (Å²) in [6.45, 7) is 5.98. The number of benzene rings is 2. The van der Waals surface area contributed by atoms with Crippen LogP contribution < -0.4 is 15.2 Å². The van der Waals surface area contributed by atoms with E-state index < -0.39 is 15.8 Å². The summed E-state index contributed by atoms with van der Waals surface area (Å²) in [6.07, 6.45) is -0.0971. The third-order valence-electron chi connectivity index (χ3n) is 3.76. The molecule has 26 heavy (non-hydrogen) atoms. The number of sulfonamides is 1. The lowest BCUT2D eigenvalue weighted by atomic mass is 10.3. The van der Waals surface area contributed by atoms with Gasteiger partial charge in [0.2, 0.25) is 0 Å². The number of rotatable bonds is 6. The van der Waals surface area contributed by atoms with Crippen LogP contribution in [0.3, 0.4) is 0 Å². The predicted molar refractivity (Wildman–Crippen MR) is 99.2 cm³/mol. The monoisotopic (exact) mass is 376 g/mol. The Bertz CT molecular complexity index is 1100.